The number of ether oxygens (including phenoxy) is 2. The Morgan fingerprint density at radius 3 is 2.52 bits per heavy atom. The third kappa shape index (κ3) is 4.15. The third-order valence-electron chi connectivity index (χ3n) is 3.15. The van der Waals surface area contributed by atoms with Crippen LogP contribution in [0.5, 0.6) is 11.5 Å². The highest BCUT2D eigenvalue weighted by molar-refractivity contribution is 5.57. The van der Waals surface area contributed by atoms with E-state index in [-0.39, 0.29) is 6.10 Å². The van der Waals surface area contributed by atoms with Gasteiger partial charge in [0.15, 0.2) is 0 Å². The summed E-state index contributed by atoms with van der Waals surface area (Å²) in [6.07, 6.45) is 0.154. The molecule has 0 aliphatic rings. The van der Waals surface area contributed by atoms with Gasteiger partial charge >= 0.3 is 0 Å². The highest BCUT2D eigenvalue weighted by atomic mass is 16.5. The number of nitrogens with one attached hydrogen (secondary N) is 1. The second-order valence-corrected chi connectivity index (χ2v) is 5.33. The maximum atomic E-state index is 5.82. The molecule has 0 fully saturated rings. The molecule has 112 valence electrons. The van der Waals surface area contributed by atoms with Crippen LogP contribution in [0.25, 0.3) is 0 Å². The van der Waals surface area contributed by atoms with Gasteiger partial charge in [-0.2, -0.15) is 0 Å². The molecular weight excluding hydrogens is 262 g/mol. The molecule has 0 atom stereocenters. The van der Waals surface area contributed by atoms with E-state index in [9.17, 15) is 0 Å². The van der Waals surface area contributed by atoms with Gasteiger partial charge < -0.3 is 14.8 Å². The van der Waals surface area contributed by atoms with Gasteiger partial charge in [-0.05, 0) is 39.0 Å². The number of anilines is 1. The van der Waals surface area contributed by atoms with Crippen LogP contribution in [0.15, 0.2) is 42.5 Å². The van der Waals surface area contributed by atoms with E-state index in [0.717, 1.165) is 22.7 Å². The molecule has 2 aromatic rings. The van der Waals surface area contributed by atoms with E-state index < -0.39 is 0 Å². The minimum absolute atomic E-state index is 0.154. The zero-order valence-electron chi connectivity index (χ0n) is 13.1. The van der Waals surface area contributed by atoms with Gasteiger partial charge in [-0.25, -0.2) is 0 Å². The van der Waals surface area contributed by atoms with Crippen molar-refractivity contribution in [2.45, 2.75) is 33.4 Å². The van der Waals surface area contributed by atoms with Crippen LogP contribution < -0.4 is 14.8 Å². The van der Waals surface area contributed by atoms with Crippen molar-refractivity contribution in [3.8, 4) is 11.5 Å². The molecule has 0 unspecified atom stereocenters. The highest BCUT2D eigenvalue weighted by Gasteiger charge is 2.07. The van der Waals surface area contributed by atoms with Gasteiger partial charge in [0, 0.05) is 12.1 Å². The van der Waals surface area contributed by atoms with Crippen LogP contribution in [-0.4, -0.2) is 13.2 Å². The lowest BCUT2D eigenvalue weighted by atomic mass is 10.1. The van der Waals surface area contributed by atoms with Crippen molar-refractivity contribution in [3.63, 3.8) is 0 Å². The average molecular weight is 285 g/mol. The summed E-state index contributed by atoms with van der Waals surface area (Å²) < 4.78 is 11.2. The summed E-state index contributed by atoms with van der Waals surface area (Å²) in [7, 11) is 1.70. The molecule has 0 amide bonds. The molecule has 0 aliphatic carbocycles. The van der Waals surface area contributed by atoms with Crippen LogP contribution in [0.3, 0.4) is 0 Å². The molecule has 3 heteroatoms. The Labute approximate surface area is 126 Å². The van der Waals surface area contributed by atoms with Crippen LogP contribution in [-0.2, 0) is 6.54 Å². The van der Waals surface area contributed by atoms with Crippen molar-refractivity contribution in [1.29, 1.82) is 0 Å². The predicted molar refractivity (Wildman–Crippen MR) is 87.3 cm³/mol. The lowest BCUT2D eigenvalue weighted by molar-refractivity contribution is 0.243. The minimum atomic E-state index is 0.154. The SMILES string of the molecule is COc1ccc(C)cc1CNc1ccccc1OC(C)C. The maximum absolute atomic E-state index is 5.82. The number of aryl methyl sites for hydroxylation is 1. The Hall–Kier alpha value is -2.16. The van der Waals surface area contributed by atoms with Gasteiger partial charge in [-0.1, -0.05) is 29.8 Å². The minimum Gasteiger partial charge on any atom is -0.496 e. The van der Waals surface area contributed by atoms with E-state index in [2.05, 4.69) is 24.4 Å². The van der Waals surface area contributed by atoms with Crippen LogP contribution in [0.2, 0.25) is 0 Å². The van der Waals surface area contributed by atoms with Crippen LogP contribution in [0, 0.1) is 6.92 Å². The number of hydrogen-bond acceptors (Lipinski definition) is 3. The van der Waals surface area contributed by atoms with Crippen molar-refractivity contribution < 1.29 is 9.47 Å². The summed E-state index contributed by atoms with van der Waals surface area (Å²) in [5, 5.41) is 3.43. The molecule has 1 N–H and O–H groups in total. The predicted octanol–water partition coefficient (Wildman–Crippen LogP) is 4.40. The molecule has 0 saturated carbocycles. The molecule has 0 aliphatic heterocycles. The van der Waals surface area contributed by atoms with Crippen molar-refractivity contribution in [2.75, 3.05) is 12.4 Å². The molecule has 0 heterocycles. The highest BCUT2D eigenvalue weighted by Crippen LogP contribution is 2.27. The van der Waals surface area contributed by atoms with Gasteiger partial charge in [0.05, 0.1) is 18.9 Å². The lowest BCUT2D eigenvalue weighted by Gasteiger charge is -2.16. The Morgan fingerprint density at radius 2 is 1.81 bits per heavy atom. The number of rotatable bonds is 6. The van der Waals surface area contributed by atoms with Crippen molar-refractivity contribution in [2.24, 2.45) is 0 Å². The molecular formula is C18H23NO2. The fraction of sp³-hybridized carbons (Fsp3) is 0.333. The summed E-state index contributed by atoms with van der Waals surface area (Å²) in [6, 6.07) is 14.2. The Bertz CT molecular complexity index is 594. The van der Waals surface area contributed by atoms with E-state index >= 15 is 0 Å². The number of methoxy groups -OCH3 is 1. The molecule has 21 heavy (non-hydrogen) atoms. The van der Waals surface area contributed by atoms with Crippen LogP contribution in [0.4, 0.5) is 5.69 Å². The summed E-state index contributed by atoms with van der Waals surface area (Å²) in [6.45, 7) is 6.84. The first-order valence-corrected chi connectivity index (χ1v) is 7.23. The first kappa shape index (κ1) is 15.2. The summed E-state index contributed by atoms with van der Waals surface area (Å²) in [5.41, 5.74) is 3.35. The molecule has 0 aromatic heterocycles. The second kappa shape index (κ2) is 7.02. The van der Waals surface area contributed by atoms with Gasteiger partial charge in [0.1, 0.15) is 11.5 Å². The lowest BCUT2D eigenvalue weighted by Crippen LogP contribution is -2.09. The van der Waals surface area contributed by atoms with E-state index in [1.165, 1.54) is 5.56 Å². The standard InChI is InChI=1S/C18H23NO2/c1-13(2)21-18-8-6-5-7-16(18)19-12-15-11-14(3)9-10-17(15)20-4/h5-11,13,19H,12H2,1-4H3. The Kier molecular flexibility index (Phi) is 5.09. The number of hydrogen-bond donors (Lipinski definition) is 1. The largest absolute Gasteiger partial charge is 0.496 e. The maximum Gasteiger partial charge on any atom is 0.142 e. The zero-order chi connectivity index (χ0) is 15.2. The average Bonchev–Trinajstić information content (AvgIpc) is 2.46. The van der Waals surface area contributed by atoms with Crippen molar-refractivity contribution in [3.05, 3.63) is 53.6 Å². The number of benzene rings is 2. The van der Waals surface area contributed by atoms with Gasteiger partial charge in [-0.3, -0.25) is 0 Å². The molecule has 3 nitrogen and oxygen atoms in total. The van der Waals surface area contributed by atoms with E-state index in [1.807, 2.05) is 44.2 Å². The zero-order valence-corrected chi connectivity index (χ0v) is 13.1. The van der Waals surface area contributed by atoms with Crippen LogP contribution in [0.1, 0.15) is 25.0 Å². The van der Waals surface area contributed by atoms with E-state index in [0.29, 0.717) is 6.54 Å². The molecule has 0 radical (unpaired) electrons. The summed E-state index contributed by atoms with van der Waals surface area (Å²) >= 11 is 0. The quantitative estimate of drug-likeness (QED) is 0.853. The Morgan fingerprint density at radius 1 is 1.05 bits per heavy atom. The first-order valence-electron chi connectivity index (χ1n) is 7.23. The second-order valence-electron chi connectivity index (χ2n) is 5.33. The Balaban J connectivity index is 2.15. The van der Waals surface area contributed by atoms with Crippen LogP contribution >= 0.6 is 0 Å². The number of para-hydroxylation sites is 2. The molecule has 0 saturated heterocycles. The third-order valence-corrected chi connectivity index (χ3v) is 3.15. The monoisotopic (exact) mass is 285 g/mol. The van der Waals surface area contributed by atoms with E-state index in [4.69, 9.17) is 9.47 Å². The molecule has 2 rings (SSSR count). The molecule has 0 spiro atoms. The van der Waals surface area contributed by atoms with Crippen molar-refractivity contribution in [1.82, 2.24) is 0 Å². The summed E-state index contributed by atoms with van der Waals surface area (Å²) in [5.74, 6) is 1.77. The van der Waals surface area contributed by atoms with Crippen molar-refractivity contribution >= 4 is 5.69 Å². The smallest absolute Gasteiger partial charge is 0.142 e. The van der Waals surface area contributed by atoms with E-state index in [1.54, 1.807) is 7.11 Å². The fourth-order valence-corrected chi connectivity index (χ4v) is 2.21. The topological polar surface area (TPSA) is 30.5 Å². The normalized spacial score (nSPS) is 10.5. The van der Waals surface area contributed by atoms with Gasteiger partial charge in [-0.15, -0.1) is 0 Å². The molecule has 2 aromatic carbocycles. The summed E-state index contributed by atoms with van der Waals surface area (Å²) in [4.78, 5) is 0. The molecule has 0 bridgehead atoms. The fourth-order valence-electron chi connectivity index (χ4n) is 2.21. The first-order chi connectivity index (χ1) is 10.1. The van der Waals surface area contributed by atoms with Gasteiger partial charge in [0.25, 0.3) is 0 Å². The van der Waals surface area contributed by atoms with Gasteiger partial charge in [0.2, 0.25) is 0 Å².